The van der Waals surface area contributed by atoms with Gasteiger partial charge in [0.2, 0.25) is 0 Å². The van der Waals surface area contributed by atoms with Gasteiger partial charge < -0.3 is 9.22 Å². The Morgan fingerprint density at radius 1 is 0.972 bits per heavy atom. The first kappa shape index (κ1) is 23.1. The molecular weight excluding hydrogens is 440 g/mol. The minimum absolute atomic E-state index is 0.0144. The molecule has 0 spiro atoms. The van der Waals surface area contributed by atoms with E-state index in [4.69, 9.17) is 4.74 Å². The summed E-state index contributed by atoms with van der Waals surface area (Å²) in [6, 6.07) is 26.6. The van der Waals surface area contributed by atoms with Crippen LogP contribution < -0.4 is 0 Å². The predicted octanol–water partition coefficient (Wildman–Crippen LogP) is 7.24. The molecule has 4 aromatic rings. The molecule has 5 atom stereocenters. The van der Waals surface area contributed by atoms with Crippen LogP contribution in [0.2, 0.25) is 0 Å². The second-order valence-corrected chi connectivity index (χ2v) is 10.6. The van der Waals surface area contributed by atoms with E-state index < -0.39 is 0 Å². The van der Waals surface area contributed by atoms with E-state index in [2.05, 4.69) is 97.0 Å². The van der Waals surface area contributed by atoms with Gasteiger partial charge in [0, 0.05) is 35.9 Å². The van der Waals surface area contributed by atoms with Crippen LogP contribution >= 0.6 is 0 Å². The minimum Gasteiger partial charge on any atom is -0.363 e. The van der Waals surface area contributed by atoms with Crippen LogP contribution in [0.5, 0.6) is 0 Å². The zero-order valence-corrected chi connectivity index (χ0v) is 20.9. The first-order chi connectivity index (χ1) is 17.7. The Morgan fingerprint density at radius 2 is 1.78 bits per heavy atom. The SMILES string of the molecule is C=CCO[C@H](c1ccnc2ccccc12)[C@@H]1C[C@@H]2CC[N@@+]1(Cc1cccc3ccccc13)C[C@@H]2C=C. The molecule has 3 aliphatic rings. The Bertz CT molecular complexity index is 1400. The van der Waals surface area contributed by atoms with Crippen molar-refractivity contribution in [1.29, 1.82) is 0 Å². The van der Waals surface area contributed by atoms with Gasteiger partial charge in [-0.1, -0.05) is 72.8 Å². The van der Waals surface area contributed by atoms with Crippen molar-refractivity contribution in [2.45, 2.75) is 31.5 Å². The van der Waals surface area contributed by atoms with Gasteiger partial charge in [0.1, 0.15) is 18.7 Å². The van der Waals surface area contributed by atoms with Gasteiger partial charge >= 0.3 is 0 Å². The van der Waals surface area contributed by atoms with E-state index in [-0.39, 0.29) is 6.10 Å². The Balaban J connectivity index is 1.48. The van der Waals surface area contributed by atoms with E-state index in [0.717, 1.165) is 29.5 Å². The molecule has 3 nitrogen and oxygen atoms in total. The van der Waals surface area contributed by atoms with Gasteiger partial charge in [-0.15, -0.1) is 13.2 Å². The van der Waals surface area contributed by atoms with Crippen LogP contribution in [0.1, 0.15) is 30.1 Å². The largest absolute Gasteiger partial charge is 0.363 e. The molecule has 7 rings (SSSR count). The molecule has 0 amide bonds. The lowest BCUT2D eigenvalue weighted by atomic mass is 9.71. The highest BCUT2D eigenvalue weighted by molar-refractivity contribution is 5.85. The number of piperidine rings is 3. The molecule has 1 aromatic heterocycles. The third-order valence-electron chi connectivity index (χ3n) is 8.77. The summed E-state index contributed by atoms with van der Waals surface area (Å²) in [5.74, 6) is 1.22. The number of nitrogens with zero attached hydrogens (tertiary/aromatic N) is 2. The number of pyridine rings is 1. The van der Waals surface area contributed by atoms with Gasteiger partial charge in [-0.25, -0.2) is 0 Å². The van der Waals surface area contributed by atoms with E-state index in [1.165, 1.54) is 40.3 Å². The highest BCUT2D eigenvalue weighted by Crippen LogP contribution is 2.49. The third-order valence-corrected chi connectivity index (χ3v) is 8.77. The van der Waals surface area contributed by atoms with Crippen LogP contribution in [0.15, 0.2) is 104 Å². The van der Waals surface area contributed by atoms with Crippen molar-refractivity contribution >= 4 is 21.7 Å². The number of rotatable bonds is 8. The highest BCUT2D eigenvalue weighted by atomic mass is 16.5. The molecular formula is C33H35N2O+. The van der Waals surface area contributed by atoms with Gasteiger partial charge in [0.05, 0.1) is 25.2 Å². The van der Waals surface area contributed by atoms with Crippen LogP contribution in [0.4, 0.5) is 0 Å². The van der Waals surface area contributed by atoms with Crippen LogP contribution in [0.25, 0.3) is 21.7 Å². The average molecular weight is 476 g/mol. The summed E-state index contributed by atoms with van der Waals surface area (Å²) in [5, 5.41) is 3.88. The minimum atomic E-state index is -0.0144. The summed E-state index contributed by atoms with van der Waals surface area (Å²) >= 11 is 0. The molecule has 36 heavy (non-hydrogen) atoms. The van der Waals surface area contributed by atoms with E-state index in [1.807, 2.05) is 12.3 Å². The number of quaternary nitrogens is 1. The summed E-state index contributed by atoms with van der Waals surface area (Å²) in [6.07, 6.45) is 8.44. The summed E-state index contributed by atoms with van der Waals surface area (Å²) in [4.78, 5) is 4.65. The molecule has 2 bridgehead atoms. The maximum absolute atomic E-state index is 6.71. The van der Waals surface area contributed by atoms with Gasteiger partial charge in [0.25, 0.3) is 0 Å². The molecule has 0 aliphatic carbocycles. The molecule has 4 heterocycles. The smallest absolute Gasteiger partial charge is 0.135 e. The van der Waals surface area contributed by atoms with E-state index >= 15 is 0 Å². The lowest BCUT2D eigenvalue weighted by Gasteiger charge is -2.58. The maximum Gasteiger partial charge on any atom is 0.135 e. The second-order valence-electron chi connectivity index (χ2n) is 10.6. The molecule has 0 N–H and O–H groups in total. The fraction of sp³-hybridized carbons (Fsp3) is 0.303. The fourth-order valence-electron chi connectivity index (χ4n) is 7.08. The van der Waals surface area contributed by atoms with E-state index in [1.54, 1.807) is 0 Å². The standard InChI is InChI=1S/C33H35N2O/c1-3-20-36-33(30-16-18-34-31-15-8-7-14-29(30)31)32-21-26-17-19-35(32,22-24(26)4-2)23-27-12-9-11-25-10-5-6-13-28(25)27/h3-16,18,24,26,32-33H,1-2,17,19-23H2/q+1/t24-,26-,32-,33+,35-/m0/s1. The Morgan fingerprint density at radius 3 is 2.64 bits per heavy atom. The number of aromatic nitrogens is 1. The zero-order chi connectivity index (χ0) is 24.5. The summed E-state index contributed by atoms with van der Waals surface area (Å²) in [7, 11) is 0. The van der Waals surface area contributed by atoms with Crippen molar-refractivity contribution in [1.82, 2.24) is 4.98 Å². The highest BCUT2D eigenvalue weighted by Gasteiger charge is 2.54. The third kappa shape index (κ3) is 3.97. The van der Waals surface area contributed by atoms with Crippen molar-refractivity contribution in [3.8, 4) is 0 Å². The van der Waals surface area contributed by atoms with Crippen molar-refractivity contribution in [2.75, 3.05) is 19.7 Å². The zero-order valence-electron chi connectivity index (χ0n) is 20.9. The molecule has 3 heteroatoms. The number of ether oxygens (including phenoxy) is 1. The molecule has 3 aromatic carbocycles. The van der Waals surface area contributed by atoms with E-state index in [0.29, 0.717) is 24.5 Å². The fourth-order valence-corrected chi connectivity index (χ4v) is 7.08. The maximum atomic E-state index is 6.71. The normalized spacial score (nSPS) is 26.2. The predicted molar refractivity (Wildman–Crippen MR) is 148 cm³/mol. The van der Waals surface area contributed by atoms with Gasteiger partial charge in [-0.05, 0) is 34.4 Å². The number of hydrogen-bond acceptors (Lipinski definition) is 2. The van der Waals surface area contributed by atoms with Crippen LogP contribution in [0, 0.1) is 11.8 Å². The number of benzene rings is 3. The first-order valence-corrected chi connectivity index (χ1v) is 13.2. The molecule has 0 radical (unpaired) electrons. The molecule has 3 fully saturated rings. The van der Waals surface area contributed by atoms with Crippen LogP contribution in [-0.2, 0) is 11.3 Å². The summed E-state index contributed by atoms with van der Waals surface area (Å²) in [5.41, 5.74) is 3.72. The quantitative estimate of drug-likeness (QED) is 0.198. The topological polar surface area (TPSA) is 22.1 Å². The average Bonchev–Trinajstić information content (AvgIpc) is 2.94. The Kier molecular flexibility index (Phi) is 6.20. The van der Waals surface area contributed by atoms with Crippen LogP contribution in [-0.4, -0.2) is 35.2 Å². The Labute approximate surface area is 214 Å². The van der Waals surface area contributed by atoms with E-state index in [9.17, 15) is 0 Å². The second kappa shape index (κ2) is 9.65. The number of hydrogen-bond donors (Lipinski definition) is 0. The van der Waals surface area contributed by atoms with Crippen molar-refractivity contribution in [3.05, 3.63) is 115 Å². The molecule has 182 valence electrons. The molecule has 0 unspecified atom stereocenters. The molecule has 0 saturated carbocycles. The monoisotopic (exact) mass is 475 g/mol. The summed E-state index contributed by atoms with van der Waals surface area (Å²) < 4.78 is 7.75. The number of para-hydroxylation sites is 1. The van der Waals surface area contributed by atoms with Gasteiger partial charge in [-0.3, -0.25) is 4.98 Å². The molecule has 3 saturated heterocycles. The number of fused-ring (bicyclic) bond motifs is 5. The van der Waals surface area contributed by atoms with Gasteiger partial charge in [0.15, 0.2) is 0 Å². The lowest BCUT2D eigenvalue weighted by molar-refractivity contribution is -0.984. The van der Waals surface area contributed by atoms with Gasteiger partial charge in [-0.2, -0.15) is 0 Å². The van der Waals surface area contributed by atoms with Crippen molar-refractivity contribution in [3.63, 3.8) is 0 Å². The van der Waals surface area contributed by atoms with Crippen molar-refractivity contribution in [2.24, 2.45) is 11.8 Å². The van der Waals surface area contributed by atoms with Crippen molar-refractivity contribution < 1.29 is 9.22 Å². The van der Waals surface area contributed by atoms with Crippen LogP contribution in [0.3, 0.4) is 0 Å². The lowest BCUT2D eigenvalue weighted by Crippen LogP contribution is -2.67. The Hall–Kier alpha value is -3.27. The summed E-state index contributed by atoms with van der Waals surface area (Å²) in [6.45, 7) is 12.1. The molecule has 3 aliphatic heterocycles. The first-order valence-electron chi connectivity index (χ1n) is 13.2.